The molecule has 4 heteroatoms. The fourth-order valence-electron chi connectivity index (χ4n) is 2.28. The SMILES string of the molecule is CC(Sc1nc2ccccc2n1C)C(=O)c1ccccc1. The molecule has 106 valence electrons. The van der Waals surface area contributed by atoms with Crippen LogP contribution in [0.2, 0.25) is 0 Å². The predicted molar refractivity (Wildman–Crippen MR) is 86.8 cm³/mol. The van der Waals surface area contributed by atoms with Gasteiger partial charge < -0.3 is 4.57 Å². The van der Waals surface area contributed by atoms with Crippen LogP contribution in [0.25, 0.3) is 11.0 Å². The van der Waals surface area contributed by atoms with Gasteiger partial charge in [-0.25, -0.2) is 4.98 Å². The summed E-state index contributed by atoms with van der Waals surface area (Å²) in [6.07, 6.45) is 0. The Morgan fingerprint density at radius 2 is 1.76 bits per heavy atom. The van der Waals surface area contributed by atoms with Crippen molar-refractivity contribution in [1.82, 2.24) is 9.55 Å². The van der Waals surface area contributed by atoms with Gasteiger partial charge in [-0.3, -0.25) is 4.79 Å². The number of para-hydroxylation sites is 2. The third-order valence-electron chi connectivity index (χ3n) is 3.46. The average molecular weight is 296 g/mol. The van der Waals surface area contributed by atoms with E-state index in [1.54, 1.807) is 0 Å². The van der Waals surface area contributed by atoms with Crippen LogP contribution in [0.4, 0.5) is 0 Å². The number of thioether (sulfide) groups is 1. The maximum atomic E-state index is 12.4. The molecular weight excluding hydrogens is 280 g/mol. The molecule has 0 bridgehead atoms. The lowest BCUT2D eigenvalue weighted by Crippen LogP contribution is -2.14. The third kappa shape index (κ3) is 2.72. The van der Waals surface area contributed by atoms with Crippen molar-refractivity contribution >= 4 is 28.6 Å². The minimum Gasteiger partial charge on any atom is -0.322 e. The lowest BCUT2D eigenvalue weighted by atomic mass is 10.1. The molecule has 0 N–H and O–H groups in total. The first kappa shape index (κ1) is 13.9. The minimum atomic E-state index is -0.164. The number of nitrogens with zero attached hydrogens (tertiary/aromatic N) is 2. The summed E-state index contributed by atoms with van der Waals surface area (Å²) < 4.78 is 2.04. The van der Waals surface area contributed by atoms with Crippen molar-refractivity contribution in [2.45, 2.75) is 17.3 Å². The number of Topliss-reactive ketones (excluding diaryl/α,β-unsaturated/α-hetero) is 1. The van der Waals surface area contributed by atoms with E-state index in [4.69, 9.17) is 0 Å². The summed E-state index contributed by atoms with van der Waals surface area (Å²) in [4.78, 5) is 17.0. The van der Waals surface area contributed by atoms with Crippen LogP contribution in [0.3, 0.4) is 0 Å². The lowest BCUT2D eigenvalue weighted by molar-refractivity contribution is 0.0994. The van der Waals surface area contributed by atoms with E-state index >= 15 is 0 Å². The molecule has 1 atom stereocenters. The first-order valence-corrected chi connectivity index (χ1v) is 7.72. The van der Waals surface area contributed by atoms with Gasteiger partial charge in [0.15, 0.2) is 10.9 Å². The molecule has 0 aliphatic rings. The number of carbonyl (C=O) groups excluding carboxylic acids is 1. The van der Waals surface area contributed by atoms with E-state index in [0.29, 0.717) is 0 Å². The van der Waals surface area contributed by atoms with Crippen LogP contribution in [-0.2, 0) is 7.05 Å². The average Bonchev–Trinajstić information content (AvgIpc) is 2.84. The summed E-state index contributed by atoms with van der Waals surface area (Å²) >= 11 is 1.50. The number of imidazole rings is 1. The molecule has 0 saturated heterocycles. The molecule has 0 aliphatic heterocycles. The van der Waals surface area contributed by atoms with Gasteiger partial charge in [0.1, 0.15) is 0 Å². The molecule has 2 aromatic carbocycles. The summed E-state index contributed by atoms with van der Waals surface area (Å²) in [5, 5.41) is 0.705. The van der Waals surface area contributed by atoms with E-state index in [0.717, 1.165) is 21.8 Å². The summed E-state index contributed by atoms with van der Waals surface area (Å²) in [6, 6.07) is 17.4. The molecule has 0 saturated carbocycles. The zero-order valence-corrected chi connectivity index (χ0v) is 12.8. The van der Waals surface area contributed by atoms with Crippen LogP contribution in [0, 0.1) is 0 Å². The van der Waals surface area contributed by atoms with Crippen LogP contribution >= 0.6 is 11.8 Å². The normalized spacial score (nSPS) is 12.5. The third-order valence-corrected chi connectivity index (χ3v) is 4.60. The molecule has 1 unspecified atom stereocenters. The Bertz CT molecular complexity index is 780. The molecule has 0 amide bonds. The van der Waals surface area contributed by atoms with E-state index in [-0.39, 0.29) is 11.0 Å². The highest BCUT2D eigenvalue weighted by Gasteiger charge is 2.19. The number of hydrogen-bond donors (Lipinski definition) is 0. The van der Waals surface area contributed by atoms with E-state index in [2.05, 4.69) is 4.98 Å². The Kier molecular flexibility index (Phi) is 3.80. The standard InChI is InChI=1S/C17H16N2OS/c1-12(16(20)13-8-4-3-5-9-13)21-17-18-14-10-6-7-11-15(14)19(17)2/h3-12H,1-2H3. The number of hydrogen-bond acceptors (Lipinski definition) is 3. The zero-order chi connectivity index (χ0) is 14.8. The van der Waals surface area contributed by atoms with Crippen LogP contribution in [-0.4, -0.2) is 20.6 Å². The number of benzene rings is 2. The highest BCUT2D eigenvalue weighted by atomic mass is 32.2. The second-order valence-electron chi connectivity index (χ2n) is 4.93. The van der Waals surface area contributed by atoms with Crippen LogP contribution in [0.15, 0.2) is 59.8 Å². The summed E-state index contributed by atoms with van der Waals surface area (Å²) in [5.41, 5.74) is 2.79. The fraction of sp³-hybridized carbons (Fsp3) is 0.176. The van der Waals surface area contributed by atoms with Crippen molar-refractivity contribution in [3.63, 3.8) is 0 Å². The van der Waals surface area contributed by atoms with Gasteiger partial charge in [0.25, 0.3) is 0 Å². The molecule has 1 aromatic heterocycles. The molecule has 21 heavy (non-hydrogen) atoms. The van der Waals surface area contributed by atoms with Gasteiger partial charge >= 0.3 is 0 Å². The van der Waals surface area contributed by atoms with Gasteiger partial charge in [0.2, 0.25) is 0 Å². The van der Waals surface area contributed by atoms with Gasteiger partial charge in [-0.1, -0.05) is 54.2 Å². The number of ketones is 1. The van der Waals surface area contributed by atoms with Crippen molar-refractivity contribution in [2.24, 2.45) is 7.05 Å². The number of aromatic nitrogens is 2. The molecule has 0 fully saturated rings. The van der Waals surface area contributed by atoms with Gasteiger partial charge in [0, 0.05) is 12.6 Å². The minimum absolute atomic E-state index is 0.132. The van der Waals surface area contributed by atoms with Gasteiger partial charge in [-0.15, -0.1) is 0 Å². The number of fused-ring (bicyclic) bond motifs is 1. The Hall–Kier alpha value is -2.07. The highest BCUT2D eigenvalue weighted by molar-refractivity contribution is 8.00. The Morgan fingerprint density at radius 3 is 2.48 bits per heavy atom. The topological polar surface area (TPSA) is 34.9 Å². The molecule has 3 rings (SSSR count). The second-order valence-corrected chi connectivity index (χ2v) is 6.24. The number of aryl methyl sites for hydroxylation is 1. The van der Waals surface area contributed by atoms with Crippen molar-refractivity contribution in [3.8, 4) is 0 Å². The van der Waals surface area contributed by atoms with Crippen molar-refractivity contribution in [2.75, 3.05) is 0 Å². The molecule has 3 aromatic rings. The van der Waals surface area contributed by atoms with Gasteiger partial charge in [-0.2, -0.15) is 0 Å². The molecule has 3 nitrogen and oxygen atoms in total. The summed E-state index contributed by atoms with van der Waals surface area (Å²) in [5.74, 6) is 0.132. The van der Waals surface area contributed by atoms with E-state index < -0.39 is 0 Å². The Balaban J connectivity index is 1.85. The molecule has 1 heterocycles. The number of carbonyl (C=O) groups is 1. The first-order chi connectivity index (χ1) is 10.2. The van der Waals surface area contributed by atoms with E-state index in [1.807, 2.05) is 73.1 Å². The smallest absolute Gasteiger partial charge is 0.175 e. The van der Waals surface area contributed by atoms with Crippen LogP contribution in [0.1, 0.15) is 17.3 Å². The van der Waals surface area contributed by atoms with Gasteiger partial charge in [-0.05, 0) is 19.1 Å². The summed E-state index contributed by atoms with van der Waals surface area (Å²) in [7, 11) is 1.98. The monoisotopic (exact) mass is 296 g/mol. The summed E-state index contributed by atoms with van der Waals surface area (Å²) in [6.45, 7) is 1.93. The quantitative estimate of drug-likeness (QED) is 0.540. The van der Waals surface area contributed by atoms with Gasteiger partial charge in [0.05, 0.1) is 16.3 Å². The Morgan fingerprint density at radius 1 is 1.10 bits per heavy atom. The lowest BCUT2D eigenvalue weighted by Gasteiger charge is -2.10. The Labute approximate surface area is 128 Å². The second kappa shape index (κ2) is 5.74. The highest BCUT2D eigenvalue weighted by Crippen LogP contribution is 2.27. The zero-order valence-electron chi connectivity index (χ0n) is 12.0. The van der Waals surface area contributed by atoms with E-state index in [1.165, 1.54) is 11.8 Å². The van der Waals surface area contributed by atoms with Crippen molar-refractivity contribution in [3.05, 3.63) is 60.2 Å². The fourth-order valence-corrected chi connectivity index (χ4v) is 3.24. The van der Waals surface area contributed by atoms with E-state index in [9.17, 15) is 4.79 Å². The molecule has 0 aliphatic carbocycles. The molecule has 0 spiro atoms. The van der Waals surface area contributed by atoms with Crippen molar-refractivity contribution in [1.29, 1.82) is 0 Å². The molecule has 0 radical (unpaired) electrons. The van der Waals surface area contributed by atoms with Crippen molar-refractivity contribution < 1.29 is 4.79 Å². The predicted octanol–water partition coefficient (Wildman–Crippen LogP) is 3.94. The first-order valence-electron chi connectivity index (χ1n) is 6.84. The van der Waals surface area contributed by atoms with Crippen LogP contribution in [0.5, 0.6) is 0 Å². The maximum Gasteiger partial charge on any atom is 0.175 e. The maximum absolute atomic E-state index is 12.4. The largest absolute Gasteiger partial charge is 0.322 e. The number of rotatable bonds is 4. The van der Waals surface area contributed by atoms with Crippen LogP contribution < -0.4 is 0 Å². The molecular formula is C17H16N2OS.